The summed E-state index contributed by atoms with van der Waals surface area (Å²) in [4.78, 5) is 0. The summed E-state index contributed by atoms with van der Waals surface area (Å²) in [5.41, 5.74) is 0.0710. The van der Waals surface area contributed by atoms with Gasteiger partial charge < -0.3 is 10.6 Å². The van der Waals surface area contributed by atoms with Crippen LogP contribution in [0.15, 0.2) is 0 Å². The van der Waals surface area contributed by atoms with Crippen LogP contribution in [0.3, 0.4) is 0 Å². The lowest BCUT2D eigenvalue weighted by Gasteiger charge is -2.38. The lowest BCUT2D eigenvalue weighted by Crippen LogP contribution is -2.50. The first-order valence-corrected chi connectivity index (χ1v) is 9.35. The van der Waals surface area contributed by atoms with Crippen LogP contribution in [0.25, 0.3) is 0 Å². The molecule has 112 valence electrons. The molecule has 0 radical (unpaired) electrons. The fourth-order valence-electron chi connectivity index (χ4n) is 3.61. The van der Waals surface area contributed by atoms with E-state index in [-0.39, 0.29) is 11.1 Å². The Bertz CT molecular complexity index is 402. The van der Waals surface area contributed by atoms with Crippen LogP contribution in [0.5, 0.6) is 0 Å². The van der Waals surface area contributed by atoms with Gasteiger partial charge in [-0.05, 0) is 46.2 Å². The standard InChI is InChI=1S/C14H28N2O2S/c1-13(9-11-19(17,18)12-13)16-10-8-14(15-2)6-4-3-5-7-14/h15-16H,3-12H2,1-2H3. The topological polar surface area (TPSA) is 58.2 Å². The Morgan fingerprint density at radius 2 is 1.79 bits per heavy atom. The Balaban J connectivity index is 1.82. The summed E-state index contributed by atoms with van der Waals surface area (Å²) in [5, 5.41) is 7.01. The molecule has 1 saturated heterocycles. The van der Waals surface area contributed by atoms with Gasteiger partial charge in [-0.3, -0.25) is 0 Å². The van der Waals surface area contributed by atoms with Gasteiger partial charge in [0.1, 0.15) is 0 Å². The third kappa shape index (κ3) is 3.92. The highest BCUT2D eigenvalue weighted by molar-refractivity contribution is 7.91. The quantitative estimate of drug-likeness (QED) is 0.804. The lowest BCUT2D eigenvalue weighted by molar-refractivity contribution is 0.220. The van der Waals surface area contributed by atoms with Crippen LogP contribution < -0.4 is 10.6 Å². The Morgan fingerprint density at radius 3 is 2.32 bits per heavy atom. The summed E-state index contributed by atoms with van der Waals surface area (Å²) < 4.78 is 23.2. The summed E-state index contributed by atoms with van der Waals surface area (Å²) in [7, 11) is -0.746. The highest BCUT2D eigenvalue weighted by Gasteiger charge is 2.38. The maximum atomic E-state index is 11.6. The second-order valence-electron chi connectivity index (χ2n) is 6.67. The fraction of sp³-hybridized carbons (Fsp3) is 1.00. The molecule has 1 atom stereocenters. The van der Waals surface area contributed by atoms with E-state index in [1.807, 2.05) is 6.92 Å². The number of sulfone groups is 1. The van der Waals surface area contributed by atoms with E-state index in [2.05, 4.69) is 17.7 Å². The van der Waals surface area contributed by atoms with Crippen molar-refractivity contribution in [1.82, 2.24) is 10.6 Å². The van der Waals surface area contributed by atoms with Crippen LogP contribution in [0.2, 0.25) is 0 Å². The van der Waals surface area contributed by atoms with Gasteiger partial charge in [0.15, 0.2) is 9.84 Å². The average Bonchev–Trinajstić information content (AvgIpc) is 2.65. The van der Waals surface area contributed by atoms with E-state index in [0.717, 1.165) is 19.4 Å². The molecule has 0 aromatic rings. The van der Waals surface area contributed by atoms with Crippen molar-refractivity contribution in [3.05, 3.63) is 0 Å². The van der Waals surface area contributed by atoms with Crippen molar-refractivity contribution in [2.75, 3.05) is 25.1 Å². The summed E-state index contributed by atoms with van der Waals surface area (Å²) in [6, 6.07) is 0. The van der Waals surface area contributed by atoms with Crippen molar-refractivity contribution in [2.24, 2.45) is 0 Å². The minimum atomic E-state index is -2.81. The summed E-state index contributed by atoms with van der Waals surface area (Å²) in [6.45, 7) is 2.96. The van der Waals surface area contributed by atoms with Crippen LogP contribution in [0.1, 0.15) is 51.9 Å². The molecule has 0 aromatic heterocycles. The summed E-state index contributed by atoms with van der Waals surface area (Å²) in [5.74, 6) is 0.639. The Hall–Kier alpha value is -0.130. The predicted molar refractivity (Wildman–Crippen MR) is 79.2 cm³/mol. The zero-order valence-corrected chi connectivity index (χ0v) is 13.1. The van der Waals surface area contributed by atoms with Gasteiger partial charge in [0.2, 0.25) is 0 Å². The number of hydrogen-bond acceptors (Lipinski definition) is 4. The summed E-state index contributed by atoms with van der Waals surface area (Å²) >= 11 is 0. The molecule has 1 heterocycles. The van der Waals surface area contributed by atoms with Gasteiger partial charge in [-0.15, -0.1) is 0 Å². The van der Waals surface area contributed by atoms with Crippen molar-refractivity contribution in [1.29, 1.82) is 0 Å². The Morgan fingerprint density at radius 1 is 1.11 bits per heavy atom. The molecule has 1 saturated carbocycles. The van der Waals surface area contributed by atoms with E-state index >= 15 is 0 Å². The molecule has 0 spiro atoms. The van der Waals surface area contributed by atoms with Crippen molar-refractivity contribution in [3.63, 3.8) is 0 Å². The third-order valence-electron chi connectivity index (χ3n) is 5.00. The molecule has 1 aliphatic heterocycles. The largest absolute Gasteiger partial charge is 0.314 e. The molecule has 1 unspecified atom stereocenters. The normalized spacial score (nSPS) is 33.4. The maximum Gasteiger partial charge on any atom is 0.152 e. The molecular weight excluding hydrogens is 260 g/mol. The zero-order chi connectivity index (χ0) is 14.0. The van der Waals surface area contributed by atoms with Crippen LogP contribution in [0, 0.1) is 0 Å². The van der Waals surface area contributed by atoms with Crippen LogP contribution in [-0.4, -0.2) is 44.6 Å². The first-order valence-electron chi connectivity index (χ1n) is 7.53. The van der Waals surface area contributed by atoms with Gasteiger partial charge in [-0.1, -0.05) is 19.3 Å². The van der Waals surface area contributed by atoms with E-state index in [0.29, 0.717) is 11.5 Å². The highest BCUT2D eigenvalue weighted by Crippen LogP contribution is 2.31. The number of hydrogen-bond donors (Lipinski definition) is 2. The molecule has 2 N–H and O–H groups in total. The molecule has 2 aliphatic rings. The highest BCUT2D eigenvalue weighted by atomic mass is 32.2. The molecule has 4 nitrogen and oxygen atoms in total. The average molecular weight is 288 g/mol. The molecule has 2 rings (SSSR count). The predicted octanol–water partition coefficient (Wildman–Crippen LogP) is 1.47. The molecule has 1 aliphatic carbocycles. The van der Waals surface area contributed by atoms with Crippen molar-refractivity contribution < 1.29 is 8.42 Å². The first kappa shape index (κ1) is 15.3. The molecule has 0 amide bonds. The molecule has 2 fully saturated rings. The fourth-order valence-corrected chi connectivity index (χ4v) is 5.73. The van der Waals surface area contributed by atoms with Gasteiger partial charge >= 0.3 is 0 Å². The van der Waals surface area contributed by atoms with Gasteiger partial charge in [0.25, 0.3) is 0 Å². The van der Waals surface area contributed by atoms with E-state index in [9.17, 15) is 8.42 Å². The lowest BCUT2D eigenvalue weighted by atomic mass is 9.79. The van der Waals surface area contributed by atoms with E-state index in [1.54, 1.807) is 0 Å². The second kappa shape index (κ2) is 5.70. The molecule has 0 aromatic carbocycles. The van der Waals surface area contributed by atoms with Crippen LogP contribution in [-0.2, 0) is 9.84 Å². The molecule has 19 heavy (non-hydrogen) atoms. The van der Waals surface area contributed by atoms with Crippen LogP contribution >= 0.6 is 0 Å². The van der Waals surface area contributed by atoms with Crippen molar-refractivity contribution in [2.45, 2.75) is 62.9 Å². The van der Waals surface area contributed by atoms with Gasteiger partial charge in [0, 0.05) is 11.1 Å². The van der Waals surface area contributed by atoms with Crippen molar-refractivity contribution >= 4 is 9.84 Å². The molecular formula is C14H28N2O2S. The minimum absolute atomic E-state index is 0.206. The smallest absolute Gasteiger partial charge is 0.152 e. The van der Waals surface area contributed by atoms with Crippen LogP contribution in [0.4, 0.5) is 0 Å². The van der Waals surface area contributed by atoms with Gasteiger partial charge in [-0.25, -0.2) is 8.42 Å². The summed E-state index contributed by atoms with van der Waals surface area (Å²) in [6.07, 6.45) is 8.33. The van der Waals surface area contributed by atoms with Gasteiger partial charge in [-0.2, -0.15) is 0 Å². The maximum absolute atomic E-state index is 11.6. The SMILES string of the molecule is CNC1(CCNC2(C)CCS(=O)(=O)C2)CCCCC1. The monoisotopic (exact) mass is 288 g/mol. The Labute approximate surface area is 117 Å². The number of rotatable bonds is 5. The van der Waals surface area contributed by atoms with Gasteiger partial charge in [0.05, 0.1) is 11.5 Å². The molecule has 5 heteroatoms. The van der Waals surface area contributed by atoms with Crippen molar-refractivity contribution in [3.8, 4) is 0 Å². The molecule has 0 bridgehead atoms. The zero-order valence-electron chi connectivity index (χ0n) is 12.3. The number of nitrogens with one attached hydrogen (secondary N) is 2. The minimum Gasteiger partial charge on any atom is -0.314 e. The third-order valence-corrected chi connectivity index (χ3v) is 6.90. The van der Waals surface area contributed by atoms with E-state index < -0.39 is 9.84 Å². The van der Waals surface area contributed by atoms with E-state index in [4.69, 9.17) is 0 Å². The first-order chi connectivity index (χ1) is 8.89. The van der Waals surface area contributed by atoms with E-state index in [1.165, 1.54) is 32.1 Å². The Kier molecular flexibility index (Phi) is 4.58. The second-order valence-corrected chi connectivity index (χ2v) is 8.85.